The Hall–Kier alpha value is -1.39. The van der Waals surface area contributed by atoms with Crippen LogP contribution in [0.25, 0.3) is 0 Å². The second-order valence-corrected chi connectivity index (χ2v) is 5.69. The molecule has 4 heteroatoms. The first-order chi connectivity index (χ1) is 8.56. The quantitative estimate of drug-likeness (QED) is 0.882. The molecule has 0 aliphatic carbocycles. The van der Waals surface area contributed by atoms with Gasteiger partial charge >= 0.3 is 0 Å². The average molecular weight is 265 g/mol. The number of benzene rings is 1. The number of hydrogen-bond acceptors (Lipinski definition) is 3. The molecule has 0 amide bonds. The number of nitrogens with one attached hydrogen (secondary N) is 1. The van der Waals surface area contributed by atoms with E-state index in [0.29, 0.717) is 5.56 Å². The van der Waals surface area contributed by atoms with Crippen LogP contribution in [0, 0.1) is 12.7 Å². The number of aromatic hydroxyl groups is 1. The molecule has 0 fully saturated rings. The zero-order chi connectivity index (χ0) is 13.1. The minimum atomic E-state index is -0.419. The molecule has 1 unspecified atom stereocenters. The third-order valence-electron chi connectivity index (χ3n) is 2.84. The predicted molar refractivity (Wildman–Crippen MR) is 72.4 cm³/mol. The third-order valence-corrected chi connectivity index (χ3v) is 3.84. The SMILES string of the molecule is Cc1ccc(CNC(C)c2ccc(F)cc2O)s1. The highest BCUT2D eigenvalue weighted by molar-refractivity contribution is 7.11. The first-order valence-electron chi connectivity index (χ1n) is 5.83. The van der Waals surface area contributed by atoms with Crippen molar-refractivity contribution in [1.29, 1.82) is 0 Å². The van der Waals surface area contributed by atoms with Crippen LogP contribution in [0.2, 0.25) is 0 Å². The molecule has 1 atom stereocenters. The minimum Gasteiger partial charge on any atom is -0.508 e. The van der Waals surface area contributed by atoms with E-state index in [9.17, 15) is 9.50 Å². The fourth-order valence-electron chi connectivity index (χ4n) is 1.83. The largest absolute Gasteiger partial charge is 0.508 e. The smallest absolute Gasteiger partial charge is 0.126 e. The summed E-state index contributed by atoms with van der Waals surface area (Å²) in [4.78, 5) is 2.53. The van der Waals surface area contributed by atoms with Crippen LogP contribution >= 0.6 is 11.3 Å². The Kier molecular flexibility index (Phi) is 3.99. The molecule has 0 saturated heterocycles. The van der Waals surface area contributed by atoms with Gasteiger partial charge in [0, 0.05) is 34.0 Å². The molecule has 0 spiro atoms. The van der Waals surface area contributed by atoms with Crippen molar-refractivity contribution < 1.29 is 9.50 Å². The van der Waals surface area contributed by atoms with Gasteiger partial charge in [0.15, 0.2) is 0 Å². The lowest BCUT2D eigenvalue weighted by atomic mass is 10.1. The van der Waals surface area contributed by atoms with Crippen LogP contribution in [0.1, 0.15) is 28.3 Å². The van der Waals surface area contributed by atoms with Gasteiger partial charge < -0.3 is 10.4 Å². The summed E-state index contributed by atoms with van der Waals surface area (Å²) in [5.74, 6) is -0.422. The lowest BCUT2D eigenvalue weighted by molar-refractivity contribution is 0.447. The standard InChI is InChI=1S/C14H16FNOS/c1-9-3-5-12(18-9)8-16-10(2)13-6-4-11(15)7-14(13)17/h3-7,10,16-17H,8H2,1-2H3. The number of thiophene rings is 1. The van der Waals surface area contributed by atoms with Crippen molar-refractivity contribution in [2.24, 2.45) is 0 Å². The first-order valence-corrected chi connectivity index (χ1v) is 6.65. The van der Waals surface area contributed by atoms with Gasteiger partial charge in [-0.25, -0.2) is 4.39 Å². The molecule has 2 nitrogen and oxygen atoms in total. The maximum absolute atomic E-state index is 12.9. The van der Waals surface area contributed by atoms with E-state index in [1.807, 2.05) is 6.92 Å². The van der Waals surface area contributed by atoms with Crippen molar-refractivity contribution >= 4 is 11.3 Å². The second kappa shape index (κ2) is 5.50. The first kappa shape index (κ1) is 13.1. The lowest BCUT2D eigenvalue weighted by Gasteiger charge is -2.15. The monoisotopic (exact) mass is 265 g/mol. The van der Waals surface area contributed by atoms with Gasteiger partial charge in [-0.1, -0.05) is 6.07 Å². The van der Waals surface area contributed by atoms with Crippen LogP contribution in [-0.2, 0) is 6.54 Å². The van der Waals surface area contributed by atoms with Gasteiger partial charge in [-0.05, 0) is 32.0 Å². The molecule has 96 valence electrons. The maximum Gasteiger partial charge on any atom is 0.126 e. The van der Waals surface area contributed by atoms with Crippen molar-refractivity contribution in [2.45, 2.75) is 26.4 Å². The molecule has 1 aromatic heterocycles. The van der Waals surface area contributed by atoms with Crippen molar-refractivity contribution in [3.05, 3.63) is 51.5 Å². The fraction of sp³-hybridized carbons (Fsp3) is 0.286. The molecule has 0 saturated carbocycles. The molecule has 1 heterocycles. The van der Waals surface area contributed by atoms with E-state index < -0.39 is 5.82 Å². The van der Waals surface area contributed by atoms with E-state index in [2.05, 4.69) is 24.4 Å². The topological polar surface area (TPSA) is 32.3 Å². The number of rotatable bonds is 4. The Morgan fingerprint density at radius 3 is 2.72 bits per heavy atom. The van der Waals surface area contributed by atoms with Crippen LogP contribution < -0.4 is 5.32 Å². The van der Waals surface area contributed by atoms with Gasteiger partial charge in [-0.3, -0.25) is 0 Å². The number of aryl methyl sites for hydroxylation is 1. The van der Waals surface area contributed by atoms with Gasteiger partial charge in [0.2, 0.25) is 0 Å². The van der Waals surface area contributed by atoms with Gasteiger partial charge in [-0.2, -0.15) is 0 Å². The molecule has 0 bridgehead atoms. The summed E-state index contributed by atoms with van der Waals surface area (Å²) in [7, 11) is 0. The van der Waals surface area contributed by atoms with Crippen molar-refractivity contribution in [3.63, 3.8) is 0 Å². The molecule has 0 radical (unpaired) electrons. The van der Waals surface area contributed by atoms with Crippen LogP contribution in [-0.4, -0.2) is 5.11 Å². The summed E-state index contributed by atoms with van der Waals surface area (Å²) in [5.41, 5.74) is 0.713. The highest BCUT2D eigenvalue weighted by atomic mass is 32.1. The van der Waals surface area contributed by atoms with Gasteiger partial charge in [0.05, 0.1) is 0 Å². The van der Waals surface area contributed by atoms with Gasteiger partial charge in [0.25, 0.3) is 0 Å². The van der Waals surface area contributed by atoms with E-state index >= 15 is 0 Å². The summed E-state index contributed by atoms with van der Waals surface area (Å²) in [6, 6.07) is 8.27. The Bertz CT molecular complexity index is 538. The molecule has 2 aromatic rings. The van der Waals surface area contributed by atoms with E-state index in [0.717, 1.165) is 12.6 Å². The van der Waals surface area contributed by atoms with E-state index in [1.54, 1.807) is 17.4 Å². The van der Waals surface area contributed by atoms with Crippen molar-refractivity contribution in [1.82, 2.24) is 5.32 Å². The van der Waals surface area contributed by atoms with Gasteiger partial charge in [-0.15, -0.1) is 11.3 Å². The second-order valence-electron chi connectivity index (χ2n) is 4.32. The zero-order valence-corrected chi connectivity index (χ0v) is 11.2. The predicted octanol–water partition coefficient (Wildman–Crippen LogP) is 3.75. The molecule has 18 heavy (non-hydrogen) atoms. The highest BCUT2D eigenvalue weighted by Gasteiger charge is 2.10. The molecular weight excluding hydrogens is 249 g/mol. The third kappa shape index (κ3) is 3.09. The number of phenols is 1. The Morgan fingerprint density at radius 2 is 2.11 bits per heavy atom. The summed E-state index contributed by atoms with van der Waals surface area (Å²) in [6.07, 6.45) is 0. The Balaban J connectivity index is 2.01. The van der Waals surface area contributed by atoms with Crippen LogP contribution in [0.4, 0.5) is 4.39 Å². The molecule has 0 aliphatic rings. The van der Waals surface area contributed by atoms with Crippen molar-refractivity contribution in [3.8, 4) is 5.75 Å². The summed E-state index contributed by atoms with van der Waals surface area (Å²) >= 11 is 1.75. The van der Waals surface area contributed by atoms with Crippen LogP contribution in [0.3, 0.4) is 0 Å². The van der Waals surface area contributed by atoms with Crippen LogP contribution in [0.5, 0.6) is 5.75 Å². The normalized spacial score (nSPS) is 12.6. The van der Waals surface area contributed by atoms with Gasteiger partial charge in [0.1, 0.15) is 11.6 Å². The zero-order valence-electron chi connectivity index (χ0n) is 10.4. The summed E-state index contributed by atoms with van der Waals surface area (Å²) in [5, 5.41) is 13.0. The molecule has 1 aromatic carbocycles. The molecule has 0 aliphatic heterocycles. The Labute approximate surface area is 110 Å². The molecule has 2 N–H and O–H groups in total. The van der Waals surface area contributed by atoms with E-state index in [4.69, 9.17) is 0 Å². The van der Waals surface area contributed by atoms with Crippen molar-refractivity contribution in [2.75, 3.05) is 0 Å². The van der Waals surface area contributed by atoms with Crippen LogP contribution in [0.15, 0.2) is 30.3 Å². The molecular formula is C14H16FNOS. The Morgan fingerprint density at radius 1 is 1.33 bits per heavy atom. The highest BCUT2D eigenvalue weighted by Crippen LogP contribution is 2.25. The number of phenolic OH excluding ortho intramolecular Hbond substituents is 1. The van der Waals surface area contributed by atoms with E-state index in [1.165, 1.54) is 15.8 Å². The average Bonchev–Trinajstić information content (AvgIpc) is 2.72. The summed E-state index contributed by atoms with van der Waals surface area (Å²) in [6.45, 7) is 4.77. The fourth-order valence-corrected chi connectivity index (χ4v) is 2.67. The molecule has 2 rings (SSSR count). The van der Waals surface area contributed by atoms with E-state index in [-0.39, 0.29) is 11.8 Å². The summed E-state index contributed by atoms with van der Waals surface area (Å²) < 4.78 is 12.9. The maximum atomic E-state index is 12.9. The minimum absolute atomic E-state index is 0.00244. The number of halogens is 1. The number of hydrogen-bond donors (Lipinski definition) is 2. The lowest BCUT2D eigenvalue weighted by Crippen LogP contribution is -2.17.